The van der Waals surface area contributed by atoms with Gasteiger partial charge in [-0.3, -0.25) is 0 Å². The van der Waals surface area contributed by atoms with E-state index >= 15 is 0 Å². The van der Waals surface area contributed by atoms with Crippen LogP contribution in [-0.2, 0) is 0 Å². The van der Waals surface area contributed by atoms with Crippen molar-refractivity contribution < 1.29 is 0 Å². The lowest BCUT2D eigenvalue weighted by atomic mass is 9.79. The standard InChI is InChI=1S/C15H27N/c1-2-3-4-5-6-14(11-16)15-10-12-7-8-13(15)9-12/h7-8,12-15H,2-6,9-11,16H2,1H3. The molecule has 2 bridgehead atoms. The van der Waals surface area contributed by atoms with Crippen LogP contribution in [0.1, 0.15) is 51.9 Å². The van der Waals surface area contributed by atoms with Crippen LogP contribution < -0.4 is 5.73 Å². The maximum Gasteiger partial charge on any atom is -0.00460 e. The Morgan fingerprint density at radius 1 is 1.19 bits per heavy atom. The molecule has 2 aliphatic rings. The van der Waals surface area contributed by atoms with E-state index in [2.05, 4.69) is 19.1 Å². The van der Waals surface area contributed by atoms with Gasteiger partial charge in [-0.05, 0) is 49.5 Å². The van der Waals surface area contributed by atoms with Crippen LogP contribution in [0.3, 0.4) is 0 Å². The molecule has 0 aromatic carbocycles. The molecule has 0 aromatic rings. The second-order valence-electron chi connectivity index (χ2n) is 5.79. The Morgan fingerprint density at radius 3 is 2.62 bits per heavy atom. The van der Waals surface area contributed by atoms with Gasteiger partial charge >= 0.3 is 0 Å². The monoisotopic (exact) mass is 221 g/mol. The summed E-state index contributed by atoms with van der Waals surface area (Å²) in [7, 11) is 0. The fraction of sp³-hybridized carbons (Fsp3) is 0.867. The Labute approximate surface area is 100 Å². The van der Waals surface area contributed by atoms with Crippen LogP contribution in [0.25, 0.3) is 0 Å². The molecule has 16 heavy (non-hydrogen) atoms. The zero-order valence-corrected chi connectivity index (χ0v) is 10.7. The Morgan fingerprint density at radius 2 is 2.06 bits per heavy atom. The minimum Gasteiger partial charge on any atom is -0.330 e. The molecule has 0 amide bonds. The Hall–Kier alpha value is -0.300. The third-order valence-electron chi connectivity index (χ3n) is 4.67. The van der Waals surface area contributed by atoms with Crippen molar-refractivity contribution in [2.75, 3.05) is 6.54 Å². The third kappa shape index (κ3) is 2.68. The summed E-state index contributed by atoms with van der Waals surface area (Å²) in [6, 6.07) is 0. The summed E-state index contributed by atoms with van der Waals surface area (Å²) in [5.74, 6) is 3.50. The maximum atomic E-state index is 5.97. The van der Waals surface area contributed by atoms with Crippen LogP contribution in [0.15, 0.2) is 12.2 Å². The Bertz CT molecular complexity index is 234. The largest absolute Gasteiger partial charge is 0.330 e. The number of fused-ring (bicyclic) bond motifs is 2. The number of rotatable bonds is 7. The van der Waals surface area contributed by atoms with Crippen molar-refractivity contribution in [1.29, 1.82) is 0 Å². The lowest BCUT2D eigenvalue weighted by Gasteiger charge is -2.27. The Balaban J connectivity index is 1.75. The highest BCUT2D eigenvalue weighted by Crippen LogP contribution is 2.47. The van der Waals surface area contributed by atoms with Crippen molar-refractivity contribution in [3.63, 3.8) is 0 Å². The minimum absolute atomic E-state index is 0.803. The molecule has 1 saturated carbocycles. The molecular formula is C15H27N. The molecule has 2 N–H and O–H groups in total. The molecule has 0 radical (unpaired) electrons. The predicted molar refractivity (Wildman–Crippen MR) is 70.1 cm³/mol. The number of allylic oxidation sites excluding steroid dienone is 2. The van der Waals surface area contributed by atoms with Crippen LogP contribution in [-0.4, -0.2) is 6.54 Å². The van der Waals surface area contributed by atoms with Crippen molar-refractivity contribution in [1.82, 2.24) is 0 Å². The number of hydrogen-bond donors (Lipinski definition) is 1. The van der Waals surface area contributed by atoms with Gasteiger partial charge in [0.15, 0.2) is 0 Å². The number of unbranched alkanes of at least 4 members (excludes halogenated alkanes) is 3. The second-order valence-corrected chi connectivity index (χ2v) is 5.79. The molecule has 4 unspecified atom stereocenters. The lowest BCUT2D eigenvalue weighted by molar-refractivity contribution is 0.271. The van der Waals surface area contributed by atoms with Gasteiger partial charge in [-0.25, -0.2) is 0 Å². The molecule has 1 heteroatoms. The third-order valence-corrected chi connectivity index (χ3v) is 4.67. The quantitative estimate of drug-likeness (QED) is 0.514. The summed E-state index contributed by atoms with van der Waals surface area (Å²) >= 11 is 0. The van der Waals surface area contributed by atoms with E-state index in [1.807, 2.05) is 0 Å². The first-order valence-corrected chi connectivity index (χ1v) is 7.23. The van der Waals surface area contributed by atoms with Crippen molar-refractivity contribution in [3.05, 3.63) is 12.2 Å². The van der Waals surface area contributed by atoms with Crippen LogP contribution in [0, 0.1) is 23.7 Å². The van der Waals surface area contributed by atoms with Gasteiger partial charge in [-0.2, -0.15) is 0 Å². The molecule has 1 fully saturated rings. The fourth-order valence-electron chi connectivity index (χ4n) is 3.71. The van der Waals surface area contributed by atoms with Gasteiger partial charge in [0.2, 0.25) is 0 Å². The van der Waals surface area contributed by atoms with Crippen LogP contribution in [0.2, 0.25) is 0 Å². The van der Waals surface area contributed by atoms with Gasteiger partial charge < -0.3 is 5.73 Å². The van der Waals surface area contributed by atoms with Gasteiger partial charge in [-0.1, -0.05) is 44.8 Å². The van der Waals surface area contributed by atoms with Crippen LogP contribution in [0.4, 0.5) is 0 Å². The summed E-state index contributed by atoms with van der Waals surface area (Å²) in [6.45, 7) is 3.19. The number of hydrogen-bond acceptors (Lipinski definition) is 1. The van der Waals surface area contributed by atoms with Gasteiger partial charge in [-0.15, -0.1) is 0 Å². The van der Waals surface area contributed by atoms with Crippen LogP contribution in [0.5, 0.6) is 0 Å². The van der Waals surface area contributed by atoms with E-state index in [4.69, 9.17) is 5.73 Å². The maximum absolute atomic E-state index is 5.97. The smallest absolute Gasteiger partial charge is 0.00460 e. The topological polar surface area (TPSA) is 26.0 Å². The fourth-order valence-corrected chi connectivity index (χ4v) is 3.71. The molecule has 2 rings (SSSR count). The van der Waals surface area contributed by atoms with Crippen LogP contribution >= 0.6 is 0 Å². The second kappa shape index (κ2) is 5.86. The average Bonchev–Trinajstić information content (AvgIpc) is 2.91. The normalized spacial score (nSPS) is 33.5. The minimum atomic E-state index is 0.803. The highest BCUT2D eigenvalue weighted by molar-refractivity contribution is 5.11. The Kier molecular flexibility index (Phi) is 4.45. The zero-order chi connectivity index (χ0) is 11.4. The van der Waals surface area contributed by atoms with E-state index in [9.17, 15) is 0 Å². The van der Waals surface area contributed by atoms with Gasteiger partial charge in [0.25, 0.3) is 0 Å². The summed E-state index contributed by atoms with van der Waals surface area (Å²) in [5.41, 5.74) is 5.97. The van der Waals surface area contributed by atoms with E-state index in [-0.39, 0.29) is 0 Å². The molecule has 0 heterocycles. The molecule has 0 saturated heterocycles. The molecule has 0 spiro atoms. The van der Waals surface area contributed by atoms with E-state index < -0.39 is 0 Å². The lowest BCUT2D eigenvalue weighted by Crippen LogP contribution is -2.26. The van der Waals surface area contributed by atoms with Gasteiger partial charge in [0, 0.05) is 0 Å². The first-order valence-electron chi connectivity index (χ1n) is 7.23. The summed E-state index contributed by atoms with van der Waals surface area (Å²) in [4.78, 5) is 0. The molecule has 0 aliphatic heterocycles. The van der Waals surface area contributed by atoms with Crippen molar-refractivity contribution >= 4 is 0 Å². The summed E-state index contributed by atoms with van der Waals surface area (Å²) < 4.78 is 0. The molecule has 2 aliphatic carbocycles. The van der Waals surface area contributed by atoms with Gasteiger partial charge in [0.05, 0.1) is 0 Å². The van der Waals surface area contributed by atoms with Crippen molar-refractivity contribution in [2.24, 2.45) is 29.4 Å². The van der Waals surface area contributed by atoms with E-state index in [1.54, 1.807) is 0 Å². The summed E-state index contributed by atoms with van der Waals surface area (Å²) in [5, 5.41) is 0. The van der Waals surface area contributed by atoms with E-state index in [0.717, 1.165) is 30.2 Å². The molecule has 4 atom stereocenters. The molecule has 1 nitrogen and oxygen atoms in total. The molecule has 0 aromatic heterocycles. The molecule has 92 valence electrons. The van der Waals surface area contributed by atoms with Gasteiger partial charge in [0.1, 0.15) is 0 Å². The average molecular weight is 221 g/mol. The SMILES string of the molecule is CCCCCCC(CN)C1CC2C=CC1C2. The number of nitrogens with two attached hydrogens (primary N) is 1. The summed E-state index contributed by atoms with van der Waals surface area (Å²) in [6.07, 6.45) is 14.7. The van der Waals surface area contributed by atoms with E-state index in [1.165, 1.54) is 44.9 Å². The first-order chi connectivity index (χ1) is 7.85. The van der Waals surface area contributed by atoms with Crippen molar-refractivity contribution in [2.45, 2.75) is 51.9 Å². The molecular weight excluding hydrogens is 194 g/mol. The van der Waals surface area contributed by atoms with E-state index in [0.29, 0.717) is 0 Å². The highest BCUT2D eigenvalue weighted by Gasteiger charge is 2.38. The first kappa shape index (κ1) is 12.2. The zero-order valence-electron chi connectivity index (χ0n) is 10.7. The highest BCUT2D eigenvalue weighted by atomic mass is 14.6. The van der Waals surface area contributed by atoms with Crippen molar-refractivity contribution in [3.8, 4) is 0 Å². The predicted octanol–water partition coefficient (Wildman–Crippen LogP) is 3.74.